The maximum absolute atomic E-state index is 12.0. The van der Waals surface area contributed by atoms with Crippen molar-refractivity contribution in [2.75, 3.05) is 19.8 Å². The van der Waals surface area contributed by atoms with Crippen LogP contribution in [0, 0.1) is 46.3 Å². The molecule has 22 unspecified atom stereocenters. The summed E-state index contributed by atoms with van der Waals surface area (Å²) in [6, 6.07) is 0. The van der Waals surface area contributed by atoms with E-state index in [-0.39, 0.29) is 11.5 Å². The molecular formula is C39H62O14. The Morgan fingerprint density at radius 3 is 2.19 bits per heavy atom. The average molecular weight is 755 g/mol. The first kappa shape index (κ1) is 39.0. The van der Waals surface area contributed by atoms with Crippen molar-refractivity contribution in [3.8, 4) is 0 Å². The van der Waals surface area contributed by atoms with Crippen LogP contribution in [0.1, 0.15) is 79.1 Å². The van der Waals surface area contributed by atoms with E-state index >= 15 is 0 Å². The van der Waals surface area contributed by atoms with E-state index in [9.17, 15) is 40.9 Å². The molecule has 14 heteroatoms. The molecule has 53 heavy (non-hydrogen) atoms. The molecule has 302 valence electrons. The lowest BCUT2D eigenvalue weighted by Gasteiger charge is -2.60. The molecule has 4 aliphatic carbocycles. The first-order chi connectivity index (χ1) is 25.2. The van der Waals surface area contributed by atoms with Crippen molar-refractivity contribution in [2.24, 2.45) is 46.3 Å². The normalized spacial score (nSPS) is 58.0. The van der Waals surface area contributed by atoms with Crippen molar-refractivity contribution in [1.29, 1.82) is 0 Å². The lowest BCUT2D eigenvalue weighted by Crippen LogP contribution is -2.65. The molecule has 8 rings (SSSR count). The summed E-state index contributed by atoms with van der Waals surface area (Å²) in [5.74, 6) is 2.15. The van der Waals surface area contributed by atoms with Gasteiger partial charge < -0.3 is 69.3 Å². The molecule has 0 aromatic heterocycles. The van der Waals surface area contributed by atoms with Gasteiger partial charge in [-0.15, -0.1) is 0 Å². The molecule has 4 heterocycles. The van der Waals surface area contributed by atoms with Gasteiger partial charge in [0.1, 0.15) is 48.8 Å². The Kier molecular flexibility index (Phi) is 10.5. The van der Waals surface area contributed by atoms with Crippen LogP contribution >= 0.6 is 0 Å². The summed E-state index contributed by atoms with van der Waals surface area (Å²) in [7, 11) is 0. The molecule has 0 radical (unpaired) electrons. The lowest BCUT2D eigenvalue weighted by molar-refractivity contribution is -0.363. The van der Waals surface area contributed by atoms with Gasteiger partial charge in [0, 0.05) is 24.2 Å². The van der Waals surface area contributed by atoms with Gasteiger partial charge in [0.15, 0.2) is 18.4 Å². The molecule has 4 aliphatic heterocycles. The minimum atomic E-state index is -1.75. The fourth-order valence-electron chi connectivity index (χ4n) is 12.7. The fourth-order valence-corrected chi connectivity index (χ4v) is 12.7. The quantitative estimate of drug-likeness (QED) is 0.172. The van der Waals surface area contributed by atoms with Crippen LogP contribution in [0.5, 0.6) is 0 Å². The fraction of sp³-hybridized carbons (Fsp3) is 0.949. The first-order valence-corrected chi connectivity index (χ1v) is 20.1. The smallest absolute Gasteiger partial charge is 0.187 e. The Labute approximate surface area is 311 Å². The second kappa shape index (κ2) is 14.2. The maximum Gasteiger partial charge on any atom is 0.187 e. The number of fused-ring (bicyclic) bond motifs is 7. The molecule has 0 aromatic carbocycles. The molecule has 0 aromatic rings. The molecule has 8 N–H and O–H groups in total. The Morgan fingerprint density at radius 2 is 1.49 bits per heavy atom. The highest BCUT2D eigenvalue weighted by Gasteiger charge is 2.69. The van der Waals surface area contributed by atoms with Crippen LogP contribution in [0.4, 0.5) is 0 Å². The van der Waals surface area contributed by atoms with E-state index in [0.717, 1.165) is 50.7 Å². The summed E-state index contributed by atoms with van der Waals surface area (Å²) in [5, 5.41) is 84.7. The standard InChI is InChI=1S/C39H62O14/c1-17-7-10-39(48-16-17)18(2)28-24(53-39)13-23-21-6-5-19-11-20(12-27(42)38(19,4)22(21)8-9-37(23,28)3)49-35-33(47)31(45)34(26(15-41)51-35)52-36-32(46)30(44)29(43)25(14-40)50-36/h5,17-18,20-36,40-47H,6-16H2,1-4H3. The van der Waals surface area contributed by atoms with Crippen molar-refractivity contribution in [2.45, 2.75) is 165 Å². The van der Waals surface area contributed by atoms with Gasteiger partial charge in [-0.2, -0.15) is 0 Å². The van der Waals surface area contributed by atoms with Gasteiger partial charge >= 0.3 is 0 Å². The van der Waals surface area contributed by atoms with Crippen LogP contribution in [0.3, 0.4) is 0 Å². The Balaban J connectivity index is 0.932. The average Bonchev–Trinajstić information content (AvgIpc) is 3.58. The first-order valence-electron chi connectivity index (χ1n) is 20.1. The highest BCUT2D eigenvalue weighted by atomic mass is 16.7. The van der Waals surface area contributed by atoms with Gasteiger partial charge in [-0.05, 0) is 73.5 Å². The van der Waals surface area contributed by atoms with Crippen molar-refractivity contribution in [3.63, 3.8) is 0 Å². The predicted octanol–water partition coefficient (Wildman–Crippen LogP) is 0.333. The molecule has 3 saturated carbocycles. The van der Waals surface area contributed by atoms with E-state index in [4.69, 9.17) is 28.4 Å². The maximum atomic E-state index is 12.0. The molecule has 0 bridgehead atoms. The van der Waals surface area contributed by atoms with E-state index in [1.165, 1.54) is 0 Å². The number of aliphatic hydroxyl groups excluding tert-OH is 8. The minimum absolute atomic E-state index is 0.150. The number of ether oxygens (including phenoxy) is 6. The lowest BCUT2D eigenvalue weighted by atomic mass is 9.46. The number of hydrogen-bond donors (Lipinski definition) is 8. The van der Waals surface area contributed by atoms with Gasteiger partial charge in [-0.1, -0.05) is 39.3 Å². The molecule has 1 spiro atoms. The molecule has 0 amide bonds. The van der Waals surface area contributed by atoms with Crippen LogP contribution < -0.4 is 0 Å². The SMILES string of the molecule is CC1CCC2(OC1)OC1CC3C4CC=C5CC(OC6OC(CO)C(OC7OC(CO)C(O)C(O)C7O)C(O)C6O)CC(O)C5(C)C4CCC3(C)C1C2C. The summed E-state index contributed by atoms with van der Waals surface area (Å²) in [6.07, 6.45) is -6.94. The zero-order valence-electron chi connectivity index (χ0n) is 31.4. The van der Waals surface area contributed by atoms with E-state index in [1.807, 2.05) is 0 Å². The molecule has 8 aliphatic rings. The minimum Gasteiger partial charge on any atom is -0.394 e. The second-order valence-electron chi connectivity index (χ2n) is 18.4. The van der Waals surface area contributed by atoms with E-state index in [1.54, 1.807) is 0 Å². The van der Waals surface area contributed by atoms with Crippen LogP contribution in [0.2, 0.25) is 0 Å². The highest BCUT2D eigenvalue weighted by Crippen LogP contribution is 2.70. The van der Waals surface area contributed by atoms with Crippen molar-refractivity contribution >= 4 is 0 Å². The monoisotopic (exact) mass is 754 g/mol. The van der Waals surface area contributed by atoms with Gasteiger partial charge in [0.2, 0.25) is 0 Å². The zero-order chi connectivity index (χ0) is 37.8. The van der Waals surface area contributed by atoms with Gasteiger partial charge in [0.05, 0.1) is 38.1 Å². The Hall–Kier alpha value is -0.820. The Bertz CT molecular complexity index is 1350. The molecule has 14 nitrogen and oxygen atoms in total. The van der Waals surface area contributed by atoms with E-state index in [0.29, 0.717) is 48.3 Å². The van der Waals surface area contributed by atoms with Crippen molar-refractivity contribution in [1.82, 2.24) is 0 Å². The molecule has 4 saturated heterocycles. The highest BCUT2D eigenvalue weighted by molar-refractivity contribution is 5.28. The zero-order valence-corrected chi connectivity index (χ0v) is 31.4. The van der Waals surface area contributed by atoms with Crippen LogP contribution in [-0.2, 0) is 28.4 Å². The third-order valence-electron chi connectivity index (χ3n) is 15.7. The third kappa shape index (κ3) is 6.04. The summed E-state index contributed by atoms with van der Waals surface area (Å²) >= 11 is 0. The third-order valence-corrected chi connectivity index (χ3v) is 15.7. The summed E-state index contributed by atoms with van der Waals surface area (Å²) < 4.78 is 36.7. The van der Waals surface area contributed by atoms with E-state index < -0.39 is 98.0 Å². The topological polar surface area (TPSA) is 217 Å². The second-order valence-corrected chi connectivity index (χ2v) is 18.4. The van der Waals surface area contributed by atoms with E-state index in [2.05, 4.69) is 33.8 Å². The van der Waals surface area contributed by atoms with Crippen LogP contribution in [0.25, 0.3) is 0 Å². The van der Waals surface area contributed by atoms with Crippen molar-refractivity contribution in [3.05, 3.63) is 11.6 Å². The number of aliphatic hydroxyl groups is 8. The van der Waals surface area contributed by atoms with Gasteiger partial charge in [0.25, 0.3) is 0 Å². The predicted molar refractivity (Wildman–Crippen MR) is 184 cm³/mol. The van der Waals surface area contributed by atoms with Crippen molar-refractivity contribution < 1.29 is 69.3 Å². The molecule has 7 fully saturated rings. The van der Waals surface area contributed by atoms with Crippen LogP contribution in [-0.4, -0.2) is 146 Å². The van der Waals surface area contributed by atoms with Crippen LogP contribution in [0.15, 0.2) is 11.6 Å². The number of hydrogen-bond acceptors (Lipinski definition) is 14. The molecule has 22 atom stereocenters. The number of allylic oxidation sites excluding steroid dienone is 1. The van der Waals surface area contributed by atoms with Gasteiger partial charge in [-0.25, -0.2) is 0 Å². The largest absolute Gasteiger partial charge is 0.394 e. The molecular weight excluding hydrogens is 692 g/mol. The summed E-state index contributed by atoms with van der Waals surface area (Å²) in [4.78, 5) is 0. The summed E-state index contributed by atoms with van der Waals surface area (Å²) in [6.45, 7) is 8.74. The summed E-state index contributed by atoms with van der Waals surface area (Å²) in [5.41, 5.74) is 0.865. The Morgan fingerprint density at radius 1 is 0.792 bits per heavy atom. The van der Waals surface area contributed by atoms with Gasteiger partial charge in [-0.3, -0.25) is 0 Å². The number of rotatable bonds is 6.